The van der Waals surface area contributed by atoms with Crippen LogP contribution in [0.2, 0.25) is 5.02 Å². The first-order valence-corrected chi connectivity index (χ1v) is 13.9. The van der Waals surface area contributed by atoms with Crippen molar-refractivity contribution in [3.05, 3.63) is 40.8 Å². The first-order valence-electron chi connectivity index (χ1n) is 13.6. The Labute approximate surface area is 242 Å². The number of aromatic hydroxyl groups is 1. The third-order valence-electron chi connectivity index (χ3n) is 7.20. The number of H-pyrrole nitrogens is 1. The molecule has 41 heavy (non-hydrogen) atoms. The number of aromatic amines is 1. The number of piperazine rings is 1. The van der Waals surface area contributed by atoms with Gasteiger partial charge >= 0.3 is 0 Å². The van der Waals surface area contributed by atoms with E-state index in [0.29, 0.717) is 58.8 Å². The molecular formula is C29H34ClFN6O4. The van der Waals surface area contributed by atoms with Gasteiger partial charge in [-0.25, -0.2) is 9.37 Å². The monoisotopic (exact) mass is 584 g/mol. The number of aromatic nitrogens is 3. The zero-order valence-electron chi connectivity index (χ0n) is 23.6. The first kappa shape index (κ1) is 28.8. The predicted molar refractivity (Wildman–Crippen MR) is 156 cm³/mol. The van der Waals surface area contributed by atoms with Gasteiger partial charge in [-0.2, -0.15) is 5.10 Å². The number of rotatable bonds is 9. The molecule has 0 atom stereocenters. The van der Waals surface area contributed by atoms with Crippen molar-refractivity contribution in [3.8, 4) is 28.5 Å². The smallest absolute Gasteiger partial charge is 0.234 e. The number of aryl methyl sites for hydroxylation is 1. The van der Waals surface area contributed by atoms with E-state index in [1.165, 1.54) is 25.3 Å². The molecule has 3 N–H and O–H groups in total. The Morgan fingerprint density at radius 3 is 2.59 bits per heavy atom. The number of pyridine rings is 1. The zero-order chi connectivity index (χ0) is 29.3. The van der Waals surface area contributed by atoms with Gasteiger partial charge in [0.15, 0.2) is 17.1 Å². The van der Waals surface area contributed by atoms with E-state index < -0.39 is 5.82 Å². The van der Waals surface area contributed by atoms with E-state index in [2.05, 4.69) is 30.3 Å². The molecular weight excluding hydrogens is 551 g/mol. The Bertz CT molecular complexity index is 1590. The van der Waals surface area contributed by atoms with Crippen LogP contribution in [0.4, 0.5) is 4.39 Å². The van der Waals surface area contributed by atoms with Crippen molar-refractivity contribution >= 4 is 39.3 Å². The minimum atomic E-state index is -0.529. The van der Waals surface area contributed by atoms with E-state index in [9.17, 15) is 9.90 Å². The molecule has 0 spiro atoms. The van der Waals surface area contributed by atoms with Crippen molar-refractivity contribution in [2.24, 2.45) is 0 Å². The molecule has 0 aliphatic carbocycles. The molecule has 0 saturated carbocycles. The molecule has 2 aromatic heterocycles. The highest BCUT2D eigenvalue weighted by Gasteiger charge is 2.25. The fourth-order valence-corrected chi connectivity index (χ4v) is 5.42. The fourth-order valence-electron chi connectivity index (χ4n) is 5.24. The van der Waals surface area contributed by atoms with Crippen LogP contribution in [0.15, 0.2) is 24.3 Å². The highest BCUT2D eigenvalue weighted by atomic mass is 35.5. The molecule has 1 saturated heterocycles. The lowest BCUT2D eigenvalue weighted by Crippen LogP contribution is -2.50. The maximum absolute atomic E-state index is 15.9. The topological polar surface area (TPSA) is 116 Å². The van der Waals surface area contributed by atoms with Crippen LogP contribution in [-0.2, 0) is 4.79 Å². The van der Waals surface area contributed by atoms with E-state index in [-0.39, 0.29) is 33.9 Å². The van der Waals surface area contributed by atoms with Gasteiger partial charge in [-0.3, -0.25) is 19.7 Å². The predicted octanol–water partition coefficient (Wildman–Crippen LogP) is 4.11. The quantitative estimate of drug-likeness (QED) is 0.269. The summed E-state index contributed by atoms with van der Waals surface area (Å²) in [5.41, 5.74) is 1.95. The molecule has 0 bridgehead atoms. The molecule has 1 aliphatic heterocycles. The van der Waals surface area contributed by atoms with Gasteiger partial charge in [-0.1, -0.05) is 11.6 Å². The van der Waals surface area contributed by atoms with Crippen LogP contribution in [-0.4, -0.2) is 95.0 Å². The average molecular weight is 585 g/mol. The molecule has 1 aliphatic rings. The summed E-state index contributed by atoms with van der Waals surface area (Å²) in [7, 11) is 1.52. The maximum Gasteiger partial charge on any atom is 0.234 e. The van der Waals surface area contributed by atoms with E-state index in [1.54, 1.807) is 6.07 Å². The van der Waals surface area contributed by atoms with Crippen LogP contribution in [0.1, 0.15) is 19.5 Å². The number of halogens is 2. The van der Waals surface area contributed by atoms with Crippen molar-refractivity contribution in [3.63, 3.8) is 0 Å². The number of benzene rings is 2. The highest BCUT2D eigenvalue weighted by Crippen LogP contribution is 2.45. The molecule has 1 fully saturated rings. The number of methoxy groups -OCH3 is 1. The minimum Gasteiger partial charge on any atom is -0.506 e. The standard InChI is InChI=1S/C29H34ClFN6O4/c1-16(2)32-23(39)15-37-9-7-36(8-10-37)11-12-41-22-14-20(31)25-26(28(22)40-4)24-17(3)34-35-29(24)33-27(25)18-5-6-21(38)19(30)13-18/h5-6,13-14,16,38H,7-12,15H2,1-4H3,(H,32,39)(H,33,34,35). The zero-order valence-corrected chi connectivity index (χ0v) is 24.3. The van der Waals surface area contributed by atoms with Gasteiger partial charge in [0.05, 0.1) is 29.8 Å². The third-order valence-corrected chi connectivity index (χ3v) is 7.50. The lowest BCUT2D eigenvalue weighted by atomic mass is 9.99. The van der Waals surface area contributed by atoms with Crippen molar-refractivity contribution < 1.29 is 23.8 Å². The number of phenolic OH excluding ortho intramolecular Hbond substituents is 1. The summed E-state index contributed by atoms with van der Waals surface area (Å²) in [5.74, 6) is 0.0900. The Morgan fingerprint density at radius 2 is 1.90 bits per heavy atom. The van der Waals surface area contributed by atoms with E-state index >= 15 is 4.39 Å². The SMILES string of the molecule is COc1c(OCCN2CCN(CC(=O)NC(C)C)CC2)cc(F)c2c(-c3ccc(O)c(Cl)c3)nc3n[nH]c(C)c3c12. The molecule has 10 nitrogen and oxygen atoms in total. The first-order chi connectivity index (χ1) is 19.7. The fraction of sp³-hybridized carbons (Fsp3) is 0.414. The van der Waals surface area contributed by atoms with Gasteiger partial charge < -0.3 is 19.9 Å². The number of nitrogens with one attached hydrogen (secondary N) is 2. The largest absolute Gasteiger partial charge is 0.506 e. The van der Waals surface area contributed by atoms with Crippen molar-refractivity contribution in [1.29, 1.82) is 0 Å². The van der Waals surface area contributed by atoms with Crippen molar-refractivity contribution in [1.82, 2.24) is 30.3 Å². The van der Waals surface area contributed by atoms with Gasteiger partial charge in [0.2, 0.25) is 5.91 Å². The number of nitrogens with zero attached hydrogens (tertiary/aromatic N) is 4. The summed E-state index contributed by atoms with van der Waals surface area (Å²) in [6.45, 7) is 10.3. The van der Waals surface area contributed by atoms with E-state index in [0.717, 1.165) is 26.2 Å². The number of carbonyl (C=O) groups excluding carboxylic acids is 1. The summed E-state index contributed by atoms with van der Waals surface area (Å²) in [6.07, 6.45) is 0. The number of carbonyl (C=O) groups is 1. The van der Waals surface area contributed by atoms with Crippen LogP contribution >= 0.6 is 11.6 Å². The minimum absolute atomic E-state index is 0.0380. The normalized spacial score (nSPS) is 14.7. The molecule has 4 aromatic rings. The molecule has 1 amide bonds. The molecule has 12 heteroatoms. The van der Waals surface area contributed by atoms with Gasteiger partial charge in [0.1, 0.15) is 18.2 Å². The van der Waals surface area contributed by atoms with Crippen LogP contribution in [0.25, 0.3) is 33.1 Å². The number of phenols is 1. The molecule has 0 unspecified atom stereocenters. The number of ether oxygens (including phenoxy) is 2. The number of hydrogen-bond acceptors (Lipinski definition) is 8. The molecule has 2 aromatic carbocycles. The molecule has 218 valence electrons. The maximum atomic E-state index is 15.9. The van der Waals surface area contributed by atoms with Gasteiger partial charge in [-0.15, -0.1) is 0 Å². The second kappa shape index (κ2) is 12.1. The second-order valence-electron chi connectivity index (χ2n) is 10.5. The van der Waals surface area contributed by atoms with E-state index in [4.69, 9.17) is 21.1 Å². The Hall–Kier alpha value is -3.67. The molecule has 5 rings (SSSR count). The summed E-state index contributed by atoms with van der Waals surface area (Å²) in [6, 6.07) is 6.05. The number of fused-ring (bicyclic) bond motifs is 3. The summed E-state index contributed by atoms with van der Waals surface area (Å²) < 4.78 is 27.9. The van der Waals surface area contributed by atoms with Gasteiger partial charge in [-0.05, 0) is 39.0 Å². The number of amides is 1. The lowest BCUT2D eigenvalue weighted by Gasteiger charge is -2.34. The lowest BCUT2D eigenvalue weighted by molar-refractivity contribution is -0.123. The van der Waals surface area contributed by atoms with Gasteiger partial charge in [0, 0.05) is 66.9 Å². The summed E-state index contributed by atoms with van der Waals surface area (Å²) in [5, 5.41) is 21.6. The van der Waals surface area contributed by atoms with Crippen molar-refractivity contribution in [2.45, 2.75) is 26.8 Å². The second-order valence-corrected chi connectivity index (χ2v) is 10.9. The van der Waals surface area contributed by atoms with E-state index in [1.807, 2.05) is 20.8 Å². The van der Waals surface area contributed by atoms with Crippen LogP contribution in [0.3, 0.4) is 0 Å². The molecule has 0 radical (unpaired) electrons. The average Bonchev–Trinajstić information content (AvgIpc) is 3.30. The van der Waals surface area contributed by atoms with Gasteiger partial charge in [0.25, 0.3) is 0 Å². The summed E-state index contributed by atoms with van der Waals surface area (Å²) in [4.78, 5) is 21.1. The highest BCUT2D eigenvalue weighted by molar-refractivity contribution is 6.32. The Kier molecular flexibility index (Phi) is 8.48. The van der Waals surface area contributed by atoms with Crippen LogP contribution in [0, 0.1) is 12.7 Å². The van der Waals surface area contributed by atoms with Crippen molar-refractivity contribution in [2.75, 3.05) is 53.0 Å². The molecule has 3 heterocycles. The summed E-state index contributed by atoms with van der Waals surface area (Å²) >= 11 is 6.17. The third kappa shape index (κ3) is 6.02. The van der Waals surface area contributed by atoms with Crippen LogP contribution < -0.4 is 14.8 Å². The number of hydrogen-bond donors (Lipinski definition) is 3. The Morgan fingerprint density at radius 1 is 1.17 bits per heavy atom. The Balaban J connectivity index is 1.39. The van der Waals surface area contributed by atoms with Crippen LogP contribution in [0.5, 0.6) is 17.2 Å².